The van der Waals surface area contributed by atoms with Crippen molar-refractivity contribution in [2.24, 2.45) is 11.8 Å². The van der Waals surface area contributed by atoms with Gasteiger partial charge in [0.25, 0.3) is 5.88 Å². The van der Waals surface area contributed by atoms with E-state index in [0.29, 0.717) is 12.5 Å². The second kappa shape index (κ2) is 5.20. The van der Waals surface area contributed by atoms with Crippen molar-refractivity contribution in [1.82, 2.24) is 13.6 Å². The molecule has 0 N–H and O–H groups in total. The summed E-state index contributed by atoms with van der Waals surface area (Å²) in [5, 5.41) is 0. The van der Waals surface area contributed by atoms with E-state index < -0.39 is 0 Å². The number of benzene rings is 1. The van der Waals surface area contributed by atoms with Gasteiger partial charge in [-0.05, 0) is 36.1 Å². The van der Waals surface area contributed by atoms with Crippen molar-refractivity contribution in [2.75, 3.05) is 33.4 Å². The van der Waals surface area contributed by atoms with Crippen LogP contribution in [0.3, 0.4) is 0 Å². The number of hydrogen-bond acceptors (Lipinski definition) is 6. The minimum Gasteiger partial charge on any atom is -0.497 e. The van der Waals surface area contributed by atoms with Crippen LogP contribution in [0.4, 0.5) is 0 Å². The molecule has 0 radical (unpaired) electrons. The number of piperidine rings is 3. The highest BCUT2D eigenvalue weighted by atomic mass is 32.1. The molecular weight excluding hydrogens is 322 g/mol. The van der Waals surface area contributed by atoms with Crippen molar-refractivity contribution in [3.63, 3.8) is 0 Å². The highest BCUT2D eigenvalue weighted by Gasteiger charge is 2.76. The second-order valence-electron chi connectivity index (χ2n) is 6.68. The molecule has 2 atom stereocenters. The first-order chi connectivity index (χ1) is 11.8. The molecule has 4 aliphatic rings. The highest BCUT2D eigenvalue weighted by Crippen LogP contribution is 2.70. The molecule has 6 rings (SSSR count). The summed E-state index contributed by atoms with van der Waals surface area (Å²) < 4.78 is 19.9. The van der Waals surface area contributed by atoms with Crippen molar-refractivity contribution >= 4 is 11.7 Å². The monoisotopic (exact) mass is 339 g/mol. The Morgan fingerprint density at radius 1 is 1.25 bits per heavy atom. The Balaban J connectivity index is 1.26. The average molecular weight is 339 g/mol. The summed E-state index contributed by atoms with van der Waals surface area (Å²) in [6.45, 7) is 3.90. The van der Waals surface area contributed by atoms with Gasteiger partial charge in [0.05, 0.1) is 18.8 Å². The molecule has 6 heteroatoms. The summed E-state index contributed by atoms with van der Waals surface area (Å²) in [6, 6.07) is 7.69. The molecule has 0 amide bonds. The van der Waals surface area contributed by atoms with Crippen LogP contribution in [0, 0.1) is 23.7 Å². The number of rotatable bonds is 4. The van der Waals surface area contributed by atoms with Gasteiger partial charge in [-0.15, -0.1) is 4.37 Å². The fourth-order valence-electron chi connectivity index (χ4n) is 4.45. The van der Waals surface area contributed by atoms with Crippen LogP contribution in [0.15, 0.2) is 24.3 Å². The zero-order valence-electron chi connectivity index (χ0n) is 13.4. The minimum absolute atomic E-state index is 0.242. The lowest BCUT2D eigenvalue weighted by molar-refractivity contribution is 0.348. The van der Waals surface area contributed by atoms with Crippen LogP contribution in [-0.4, -0.2) is 47.0 Å². The van der Waals surface area contributed by atoms with Crippen LogP contribution in [-0.2, 0) is 5.41 Å². The molecule has 2 aromatic rings. The molecular formula is C18H17N3O2S. The first kappa shape index (κ1) is 14.3. The van der Waals surface area contributed by atoms with E-state index in [1.54, 1.807) is 7.11 Å². The van der Waals surface area contributed by atoms with Gasteiger partial charge in [-0.1, -0.05) is 11.8 Å². The number of hydrogen-bond donors (Lipinski definition) is 0. The average Bonchev–Trinajstić information content (AvgIpc) is 3.21. The van der Waals surface area contributed by atoms with Crippen LogP contribution in [0.25, 0.3) is 0 Å². The van der Waals surface area contributed by atoms with Gasteiger partial charge < -0.3 is 14.4 Å². The first-order valence-electron chi connectivity index (χ1n) is 8.12. The number of nitrogens with zero attached hydrogens (tertiary/aromatic N) is 3. The van der Waals surface area contributed by atoms with E-state index in [-0.39, 0.29) is 5.41 Å². The number of methoxy groups -OCH3 is 1. The lowest BCUT2D eigenvalue weighted by Gasteiger charge is -2.09. The van der Waals surface area contributed by atoms with Gasteiger partial charge in [-0.3, -0.25) is 0 Å². The largest absolute Gasteiger partial charge is 0.497 e. The topological polar surface area (TPSA) is 47.5 Å². The van der Waals surface area contributed by atoms with E-state index in [0.717, 1.165) is 35.4 Å². The van der Waals surface area contributed by atoms with Crippen molar-refractivity contribution in [3.05, 3.63) is 35.5 Å². The Morgan fingerprint density at radius 3 is 2.71 bits per heavy atom. The third-order valence-corrected chi connectivity index (χ3v) is 6.11. The van der Waals surface area contributed by atoms with Gasteiger partial charge in [-0.25, -0.2) is 0 Å². The Hall–Kier alpha value is -2.10. The molecule has 3 saturated heterocycles. The molecule has 4 bridgehead atoms. The van der Waals surface area contributed by atoms with Crippen LogP contribution < -0.4 is 9.47 Å². The molecule has 1 aromatic carbocycles. The fraction of sp³-hybridized carbons (Fsp3) is 0.444. The SMILES string of the molecule is COc1ccc(C#CCOc2nsnc2C23CN4CC2C3C4)cc1. The van der Waals surface area contributed by atoms with Gasteiger partial charge in [0.2, 0.25) is 0 Å². The lowest BCUT2D eigenvalue weighted by Crippen LogP contribution is -2.17. The van der Waals surface area contributed by atoms with E-state index in [2.05, 4.69) is 25.5 Å². The van der Waals surface area contributed by atoms with Crippen molar-refractivity contribution in [3.8, 4) is 23.5 Å². The maximum Gasteiger partial charge on any atom is 0.250 e. The molecule has 122 valence electrons. The second-order valence-corrected chi connectivity index (χ2v) is 7.21. The van der Waals surface area contributed by atoms with Gasteiger partial charge in [-0.2, -0.15) is 4.37 Å². The predicted molar refractivity (Wildman–Crippen MR) is 90.4 cm³/mol. The van der Waals surface area contributed by atoms with Crippen LogP contribution in [0.5, 0.6) is 11.6 Å². The van der Waals surface area contributed by atoms with E-state index in [4.69, 9.17) is 9.47 Å². The minimum atomic E-state index is 0.242. The zero-order chi connectivity index (χ0) is 16.1. The summed E-state index contributed by atoms with van der Waals surface area (Å²) in [5.41, 5.74) is 2.26. The Bertz CT molecular complexity index is 824. The summed E-state index contributed by atoms with van der Waals surface area (Å²) in [5.74, 6) is 9.23. The van der Waals surface area contributed by atoms with Gasteiger partial charge >= 0.3 is 0 Å². The molecule has 1 aliphatic carbocycles. The predicted octanol–water partition coefficient (Wildman–Crippen LogP) is 1.79. The lowest BCUT2D eigenvalue weighted by atomic mass is 10.0. The molecule has 5 nitrogen and oxygen atoms in total. The standard InChI is InChI=1S/C18H17N3O2S/c1-22-13-6-4-12(5-7-13)3-2-8-23-17-16(19-24-20-17)18-11-21-9-14(18)15(18)10-21/h4-7,14-15H,8-11H2,1H3. The molecule has 1 saturated carbocycles. The molecule has 4 fully saturated rings. The molecule has 2 unspecified atom stereocenters. The Morgan fingerprint density at radius 2 is 2.04 bits per heavy atom. The summed E-state index contributed by atoms with van der Waals surface area (Å²) >= 11 is 1.25. The molecule has 3 aliphatic heterocycles. The molecule has 1 aromatic heterocycles. The summed E-state index contributed by atoms with van der Waals surface area (Å²) in [6.07, 6.45) is 0. The zero-order valence-corrected chi connectivity index (χ0v) is 14.2. The third-order valence-electron chi connectivity index (χ3n) is 5.60. The Labute approximate surface area is 144 Å². The maximum atomic E-state index is 5.83. The third kappa shape index (κ3) is 1.98. The summed E-state index contributed by atoms with van der Waals surface area (Å²) in [4.78, 5) is 2.53. The highest BCUT2D eigenvalue weighted by molar-refractivity contribution is 6.99. The summed E-state index contributed by atoms with van der Waals surface area (Å²) in [7, 11) is 1.66. The maximum absolute atomic E-state index is 5.83. The Kier molecular flexibility index (Phi) is 3.09. The van der Waals surface area contributed by atoms with Gasteiger partial charge in [0.15, 0.2) is 6.61 Å². The van der Waals surface area contributed by atoms with Crippen LogP contribution in [0.1, 0.15) is 11.3 Å². The van der Waals surface area contributed by atoms with Crippen LogP contribution in [0.2, 0.25) is 0 Å². The fourth-order valence-corrected chi connectivity index (χ4v) is 5.04. The molecule has 0 spiro atoms. The van der Waals surface area contributed by atoms with Crippen molar-refractivity contribution in [1.29, 1.82) is 0 Å². The van der Waals surface area contributed by atoms with Crippen LogP contribution >= 0.6 is 11.7 Å². The van der Waals surface area contributed by atoms with E-state index in [1.807, 2.05) is 24.3 Å². The van der Waals surface area contributed by atoms with E-state index in [9.17, 15) is 0 Å². The quantitative estimate of drug-likeness (QED) is 0.795. The van der Waals surface area contributed by atoms with Crippen molar-refractivity contribution in [2.45, 2.75) is 5.41 Å². The number of aromatic nitrogens is 2. The van der Waals surface area contributed by atoms with E-state index >= 15 is 0 Å². The molecule has 24 heavy (non-hydrogen) atoms. The first-order valence-corrected chi connectivity index (χ1v) is 8.85. The number of ether oxygens (including phenoxy) is 2. The normalized spacial score (nSPS) is 31.5. The van der Waals surface area contributed by atoms with E-state index in [1.165, 1.54) is 24.8 Å². The molecule has 4 heterocycles. The smallest absolute Gasteiger partial charge is 0.250 e. The van der Waals surface area contributed by atoms with Crippen molar-refractivity contribution < 1.29 is 9.47 Å². The van der Waals surface area contributed by atoms with Gasteiger partial charge in [0.1, 0.15) is 11.4 Å². The van der Waals surface area contributed by atoms with Gasteiger partial charge in [0, 0.05) is 30.6 Å².